The summed E-state index contributed by atoms with van der Waals surface area (Å²) in [6.45, 7) is 2.53. The molecule has 0 spiro atoms. The summed E-state index contributed by atoms with van der Waals surface area (Å²) in [6.07, 6.45) is 0.931. The topological polar surface area (TPSA) is 38.3 Å². The number of carbonyl (C=O) groups is 1. The molecule has 0 aromatic heterocycles. The average molecular weight is 318 g/mol. The maximum Gasteiger partial charge on any atom is 0.261 e. The first-order valence-corrected chi connectivity index (χ1v) is 7.80. The van der Waals surface area contributed by atoms with E-state index in [1.165, 1.54) is 5.56 Å². The molecule has 0 heterocycles. The number of hydrogen-bond donors (Lipinski definition) is 1. The van der Waals surface area contributed by atoms with Crippen LogP contribution >= 0.6 is 11.6 Å². The van der Waals surface area contributed by atoms with E-state index in [4.69, 9.17) is 16.3 Å². The van der Waals surface area contributed by atoms with Crippen LogP contribution in [0, 0.1) is 0 Å². The summed E-state index contributed by atoms with van der Waals surface area (Å²) < 4.78 is 5.71. The van der Waals surface area contributed by atoms with Crippen molar-refractivity contribution in [1.29, 1.82) is 0 Å². The first-order chi connectivity index (χ1) is 10.7. The maximum absolute atomic E-state index is 12.2. The Bertz CT molecular complexity index is 584. The van der Waals surface area contributed by atoms with Crippen molar-refractivity contribution < 1.29 is 9.53 Å². The fourth-order valence-corrected chi connectivity index (χ4v) is 2.21. The summed E-state index contributed by atoms with van der Waals surface area (Å²) in [5.74, 6) is 0.558. The van der Waals surface area contributed by atoms with Gasteiger partial charge in [0.2, 0.25) is 0 Å². The Morgan fingerprint density at radius 2 is 1.82 bits per heavy atom. The van der Waals surface area contributed by atoms with E-state index in [9.17, 15) is 4.79 Å². The van der Waals surface area contributed by atoms with E-state index in [2.05, 4.69) is 5.32 Å². The minimum atomic E-state index is -0.489. The van der Waals surface area contributed by atoms with Crippen LogP contribution < -0.4 is 10.1 Å². The van der Waals surface area contributed by atoms with Gasteiger partial charge in [-0.2, -0.15) is 0 Å². The molecule has 2 aromatic carbocycles. The number of nitrogens with one attached hydrogen (secondary N) is 1. The number of ether oxygens (including phenoxy) is 1. The predicted molar refractivity (Wildman–Crippen MR) is 89.3 cm³/mol. The smallest absolute Gasteiger partial charge is 0.261 e. The van der Waals surface area contributed by atoms with E-state index in [-0.39, 0.29) is 5.91 Å². The highest BCUT2D eigenvalue weighted by Gasteiger charge is 2.17. The molecule has 0 saturated carbocycles. The van der Waals surface area contributed by atoms with Crippen molar-refractivity contribution >= 4 is 17.5 Å². The average Bonchev–Trinajstić information content (AvgIpc) is 2.55. The van der Waals surface area contributed by atoms with Crippen molar-refractivity contribution in [3.05, 3.63) is 65.2 Å². The number of benzene rings is 2. The molecule has 0 radical (unpaired) electrons. The maximum atomic E-state index is 12.2. The SMILES string of the molecule is CC[C@H](Oc1ccc(Cl)cc1)C(=O)NCCc1ccccc1. The van der Waals surface area contributed by atoms with Crippen molar-refractivity contribution in [3.8, 4) is 5.75 Å². The predicted octanol–water partition coefficient (Wildman–Crippen LogP) is 3.86. The Kier molecular flexibility index (Phi) is 6.28. The summed E-state index contributed by atoms with van der Waals surface area (Å²) in [5.41, 5.74) is 1.20. The molecule has 116 valence electrons. The first kappa shape index (κ1) is 16.4. The number of hydrogen-bond acceptors (Lipinski definition) is 2. The normalized spacial score (nSPS) is 11.7. The van der Waals surface area contributed by atoms with E-state index in [0.29, 0.717) is 23.7 Å². The molecule has 0 aliphatic heterocycles. The lowest BCUT2D eigenvalue weighted by atomic mass is 10.1. The molecule has 0 aliphatic rings. The second kappa shape index (κ2) is 8.44. The zero-order chi connectivity index (χ0) is 15.8. The number of rotatable bonds is 7. The molecular weight excluding hydrogens is 298 g/mol. The van der Waals surface area contributed by atoms with Crippen LogP contribution in [0.3, 0.4) is 0 Å². The van der Waals surface area contributed by atoms with Gasteiger partial charge >= 0.3 is 0 Å². The summed E-state index contributed by atoms with van der Waals surface area (Å²) in [7, 11) is 0. The van der Waals surface area contributed by atoms with Crippen LogP contribution in [0.4, 0.5) is 0 Å². The van der Waals surface area contributed by atoms with Crippen LogP contribution in [0.2, 0.25) is 5.02 Å². The molecule has 0 aliphatic carbocycles. The third-order valence-corrected chi connectivity index (χ3v) is 3.56. The van der Waals surface area contributed by atoms with Crippen LogP contribution in [0.5, 0.6) is 5.75 Å². The van der Waals surface area contributed by atoms with Crippen molar-refractivity contribution in [3.63, 3.8) is 0 Å². The highest BCUT2D eigenvalue weighted by atomic mass is 35.5. The second-order valence-corrected chi connectivity index (χ2v) is 5.43. The lowest BCUT2D eigenvalue weighted by Crippen LogP contribution is -2.38. The van der Waals surface area contributed by atoms with E-state index in [1.807, 2.05) is 37.3 Å². The first-order valence-electron chi connectivity index (χ1n) is 7.43. The van der Waals surface area contributed by atoms with E-state index < -0.39 is 6.10 Å². The fraction of sp³-hybridized carbons (Fsp3) is 0.278. The van der Waals surface area contributed by atoms with Gasteiger partial charge in [-0.15, -0.1) is 0 Å². The molecule has 0 bridgehead atoms. The second-order valence-electron chi connectivity index (χ2n) is 5.00. The number of carbonyl (C=O) groups excluding carboxylic acids is 1. The molecule has 1 amide bonds. The lowest BCUT2D eigenvalue weighted by molar-refractivity contribution is -0.128. The summed E-state index contributed by atoms with van der Waals surface area (Å²) in [6, 6.07) is 17.1. The standard InChI is InChI=1S/C18H20ClNO2/c1-2-17(22-16-10-8-15(19)9-11-16)18(21)20-13-12-14-6-4-3-5-7-14/h3-11,17H,2,12-13H2,1H3,(H,20,21)/t17-/m0/s1. The number of halogens is 1. The highest BCUT2D eigenvalue weighted by Crippen LogP contribution is 2.17. The van der Waals surface area contributed by atoms with E-state index in [1.54, 1.807) is 24.3 Å². The highest BCUT2D eigenvalue weighted by molar-refractivity contribution is 6.30. The molecule has 0 saturated heterocycles. The summed E-state index contributed by atoms with van der Waals surface area (Å²) >= 11 is 5.84. The van der Waals surface area contributed by atoms with E-state index >= 15 is 0 Å². The molecule has 22 heavy (non-hydrogen) atoms. The van der Waals surface area contributed by atoms with Crippen LogP contribution in [0.1, 0.15) is 18.9 Å². The molecule has 4 heteroatoms. The van der Waals surface area contributed by atoms with Gasteiger partial charge in [-0.1, -0.05) is 48.9 Å². The minimum Gasteiger partial charge on any atom is -0.481 e. The number of amides is 1. The van der Waals surface area contributed by atoms with Crippen LogP contribution in [0.25, 0.3) is 0 Å². The van der Waals surface area contributed by atoms with E-state index in [0.717, 1.165) is 6.42 Å². The third kappa shape index (κ3) is 5.08. The van der Waals surface area contributed by atoms with Gasteiger partial charge in [0.1, 0.15) is 5.75 Å². The summed E-state index contributed by atoms with van der Waals surface area (Å²) in [4.78, 5) is 12.2. The molecule has 0 unspecified atom stereocenters. The molecule has 0 fully saturated rings. The lowest BCUT2D eigenvalue weighted by Gasteiger charge is -2.17. The summed E-state index contributed by atoms with van der Waals surface area (Å²) in [5, 5.41) is 3.57. The van der Waals surface area contributed by atoms with Gasteiger partial charge in [0, 0.05) is 11.6 Å². The van der Waals surface area contributed by atoms with Crippen molar-refractivity contribution in [2.24, 2.45) is 0 Å². The zero-order valence-corrected chi connectivity index (χ0v) is 13.3. The fourth-order valence-electron chi connectivity index (χ4n) is 2.09. The molecule has 1 atom stereocenters. The van der Waals surface area contributed by atoms with Crippen LogP contribution in [0.15, 0.2) is 54.6 Å². The van der Waals surface area contributed by atoms with Gasteiger partial charge in [0.15, 0.2) is 6.10 Å². The molecule has 1 N–H and O–H groups in total. The Morgan fingerprint density at radius 1 is 1.14 bits per heavy atom. The van der Waals surface area contributed by atoms with Gasteiger partial charge in [-0.3, -0.25) is 4.79 Å². The van der Waals surface area contributed by atoms with Crippen molar-refractivity contribution in [1.82, 2.24) is 5.32 Å². The third-order valence-electron chi connectivity index (χ3n) is 3.31. The van der Waals surface area contributed by atoms with Crippen molar-refractivity contribution in [2.75, 3.05) is 6.54 Å². The zero-order valence-electron chi connectivity index (χ0n) is 12.6. The van der Waals surface area contributed by atoms with Crippen molar-refractivity contribution in [2.45, 2.75) is 25.9 Å². The van der Waals surface area contributed by atoms with Gasteiger partial charge < -0.3 is 10.1 Å². The Morgan fingerprint density at radius 3 is 2.45 bits per heavy atom. The molecule has 2 aromatic rings. The van der Waals surface area contributed by atoms with Gasteiger partial charge in [0.05, 0.1) is 0 Å². The van der Waals surface area contributed by atoms with Gasteiger partial charge in [0.25, 0.3) is 5.91 Å². The van der Waals surface area contributed by atoms with Crippen LogP contribution in [-0.4, -0.2) is 18.6 Å². The quantitative estimate of drug-likeness (QED) is 0.842. The van der Waals surface area contributed by atoms with Gasteiger partial charge in [-0.25, -0.2) is 0 Å². The Balaban J connectivity index is 1.82. The van der Waals surface area contributed by atoms with Crippen LogP contribution in [-0.2, 0) is 11.2 Å². The Labute approximate surface area is 136 Å². The van der Waals surface area contributed by atoms with Gasteiger partial charge in [-0.05, 0) is 42.7 Å². The molecular formula is C18H20ClNO2. The Hall–Kier alpha value is -2.00. The molecule has 3 nitrogen and oxygen atoms in total. The minimum absolute atomic E-state index is 0.0895. The monoisotopic (exact) mass is 317 g/mol. The largest absolute Gasteiger partial charge is 0.481 e. The molecule has 2 rings (SSSR count).